The minimum absolute atomic E-state index is 0.0801. The molecule has 9 heteroatoms. The molecule has 1 heterocycles. The first-order valence-electron chi connectivity index (χ1n) is 12.6. The topological polar surface area (TPSA) is 87.2 Å². The van der Waals surface area contributed by atoms with Crippen LogP contribution < -0.4 is 0 Å². The SMILES string of the molecule is C[C@H]1CN([C@@H](C)CO)C(=O)c2ccccc2-c2ccccc2CO[C@@H]1CN(C)S(=O)(=O)c1ccc(Cl)cc1. The van der Waals surface area contributed by atoms with Crippen LogP contribution in [0.5, 0.6) is 0 Å². The zero-order valence-corrected chi connectivity index (χ0v) is 23.3. The van der Waals surface area contributed by atoms with Crippen LogP contribution in [0.4, 0.5) is 0 Å². The quantitative estimate of drug-likeness (QED) is 0.476. The van der Waals surface area contributed by atoms with Gasteiger partial charge in [0.2, 0.25) is 10.0 Å². The Kier molecular flexibility index (Phi) is 8.90. The lowest BCUT2D eigenvalue weighted by atomic mass is 9.94. The van der Waals surface area contributed by atoms with Crippen molar-refractivity contribution < 1.29 is 23.1 Å². The van der Waals surface area contributed by atoms with Gasteiger partial charge in [0.1, 0.15) is 0 Å². The van der Waals surface area contributed by atoms with Crippen molar-refractivity contribution in [3.05, 3.63) is 88.9 Å². The van der Waals surface area contributed by atoms with E-state index >= 15 is 0 Å². The highest BCUT2D eigenvalue weighted by molar-refractivity contribution is 7.89. The van der Waals surface area contributed by atoms with Gasteiger partial charge < -0.3 is 14.7 Å². The van der Waals surface area contributed by atoms with E-state index in [9.17, 15) is 18.3 Å². The highest BCUT2D eigenvalue weighted by Gasteiger charge is 2.32. The second-order valence-electron chi connectivity index (χ2n) is 9.76. The third-order valence-corrected chi connectivity index (χ3v) is 9.14. The number of ether oxygens (including phenoxy) is 1. The van der Waals surface area contributed by atoms with Crippen molar-refractivity contribution >= 4 is 27.5 Å². The number of aliphatic hydroxyl groups excluding tert-OH is 1. The summed E-state index contributed by atoms with van der Waals surface area (Å²) in [5.74, 6) is -0.431. The normalized spacial score (nSPS) is 19.4. The molecule has 4 rings (SSSR count). The van der Waals surface area contributed by atoms with Crippen LogP contribution in [-0.2, 0) is 21.4 Å². The molecule has 3 aromatic rings. The summed E-state index contributed by atoms with van der Waals surface area (Å²) in [6, 6.07) is 20.8. The van der Waals surface area contributed by atoms with E-state index in [0.717, 1.165) is 16.7 Å². The van der Waals surface area contributed by atoms with Gasteiger partial charge in [-0.3, -0.25) is 4.79 Å². The van der Waals surface area contributed by atoms with Crippen LogP contribution in [0.15, 0.2) is 77.7 Å². The fourth-order valence-corrected chi connectivity index (χ4v) is 6.00. The number of likely N-dealkylation sites (N-methyl/N-ethyl adjacent to an activating group) is 1. The van der Waals surface area contributed by atoms with Crippen LogP contribution in [0.2, 0.25) is 5.02 Å². The van der Waals surface area contributed by atoms with E-state index < -0.39 is 22.2 Å². The smallest absolute Gasteiger partial charge is 0.254 e. The lowest BCUT2D eigenvalue weighted by molar-refractivity contribution is -0.0146. The van der Waals surface area contributed by atoms with E-state index in [4.69, 9.17) is 16.3 Å². The van der Waals surface area contributed by atoms with E-state index in [1.165, 1.54) is 23.5 Å². The number of halogens is 1. The van der Waals surface area contributed by atoms with Gasteiger partial charge in [0.05, 0.1) is 30.3 Å². The fourth-order valence-electron chi connectivity index (χ4n) is 4.69. The third kappa shape index (κ3) is 5.95. The number of nitrogens with zero attached hydrogens (tertiary/aromatic N) is 2. The summed E-state index contributed by atoms with van der Waals surface area (Å²) in [4.78, 5) is 15.7. The molecular weight excluding hydrogens is 524 g/mol. The average Bonchev–Trinajstić information content (AvgIpc) is 2.94. The maximum absolute atomic E-state index is 13.9. The Bertz CT molecular complexity index is 1380. The molecule has 0 saturated heterocycles. The molecule has 1 N–H and O–H groups in total. The van der Waals surface area contributed by atoms with Crippen molar-refractivity contribution in [2.45, 2.75) is 37.5 Å². The number of benzene rings is 3. The monoisotopic (exact) mass is 556 g/mol. The van der Waals surface area contributed by atoms with Crippen LogP contribution >= 0.6 is 11.6 Å². The molecule has 7 nitrogen and oxygen atoms in total. The number of aliphatic hydroxyl groups is 1. The minimum Gasteiger partial charge on any atom is -0.394 e. The lowest BCUT2D eigenvalue weighted by Crippen LogP contribution is -2.47. The fraction of sp³-hybridized carbons (Fsp3) is 0.345. The van der Waals surface area contributed by atoms with E-state index in [-0.39, 0.29) is 43.0 Å². The van der Waals surface area contributed by atoms with Crippen LogP contribution in [0.1, 0.15) is 29.8 Å². The van der Waals surface area contributed by atoms with Gasteiger partial charge in [-0.05, 0) is 53.9 Å². The maximum Gasteiger partial charge on any atom is 0.254 e. The first-order valence-corrected chi connectivity index (χ1v) is 14.4. The number of rotatable bonds is 6. The number of amides is 1. The summed E-state index contributed by atoms with van der Waals surface area (Å²) in [5.41, 5.74) is 3.12. The molecule has 0 spiro atoms. The summed E-state index contributed by atoms with van der Waals surface area (Å²) >= 11 is 5.95. The number of sulfonamides is 1. The molecule has 1 aliphatic heterocycles. The average molecular weight is 557 g/mol. The minimum atomic E-state index is -3.80. The second-order valence-corrected chi connectivity index (χ2v) is 12.2. The molecule has 3 aromatic carbocycles. The van der Waals surface area contributed by atoms with Crippen LogP contribution in [0.3, 0.4) is 0 Å². The Morgan fingerprint density at radius 3 is 2.29 bits per heavy atom. The highest BCUT2D eigenvalue weighted by Crippen LogP contribution is 2.31. The molecule has 3 atom stereocenters. The Balaban J connectivity index is 1.73. The second kappa shape index (κ2) is 12.0. The third-order valence-electron chi connectivity index (χ3n) is 7.05. The van der Waals surface area contributed by atoms with Crippen molar-refractivity contribution in [1.29, 1.82) is 0 Å². The number of fused-ring (bicyclic) bond motifs is 3. The van der Waals surface area contributed by atoms with E-state index in [1.54, 1.807) is 30.0 Å². The first kappa shape index (κ1) is 28.3. The van der Waals surface area contributed by atoms with Gasteiger partial charge in [0, 0.05) is 36.6 Å². The predicted molar refractivity (Wildman–Crippen MR) is 148 cm³/mol. The van der Waals surface area contributed by atoms with Crippen LogP contribution in [0.25, 0.3) is 11.1 Å². The molecule has 0 bridgehead atoms. The molecule has 1 amide bonds. The van der Waals surface area contributed by atoms with Crippen LogP contribution in [-0.4, -0.2) is 67.5 Å². The van der Waals surface area contributed by atoms with Gasteiger partial charge in [0.15, 0.2) is 0 Å². The van der Waals surface area contributed by atoms with Crippen molar-refractivity contribution in [2.24, 2.45) is 5.92 Å². The van der Waals surface area contributed by atoms with Gasteiger partial charge in [0.25, 0.3) is 5.91 Å². The maximum atomic E-state index is 13.9. The van der Waals surface area contributed by atoms with Crippen molar-refractivity contribution in [3.63, 3.8) is 0 Å². The molecular formula is C29H33ClN2O5S. The molecule has 0 fully saturated rings. The predicted octanol–water partition coefficient (Wildman–Crippen LogP) is 4.69. The number of carbonyl (C=O) groups excluding carboxylic acids is 1. The summed E-state index contributed by atoms with van der Waals surface area (Å²) in [6.07, 6.45) is -0.530. The highest BCUT2D eigenvalue weighted by atomic mass is 35.5. The molecule has 38 heavy (non-hydrogen) atoms. The van der Waals surface area contributed by atoms with E-state index in [0.29, 0.717) is 10.6 Å². The first-order chi connectivity index (χ1) is 18.1. The van der Waals surface area contributed by atoms with E-state index in [1.807, 2.05) is 49.4 Å². The van der Waals surface area contributed by atoms with Gasteiger partial charge in [-0.1, -0.05) is 61.0 Å². The molecule has 0 radical (unpaired) electrons. The number of carbonyl (C=O) groups is 1. The molecule has 202 valence electrons. The van der Waals surface area contributed by atoms with Crippen LogP contribution in [0, 0.1) is 5.92 Å². The molecule has 0 aliphatic carbocycles. The Hall–Kier alpha value is -2.75. The van der Waals surface area contributed by atoms with Gasteiger partial charge in [-0.25, -0.2) is 8.42 Å². The van der Waals surface area contributed by atoms with Crippen molar-refractivity contribution in [1.82, 2.24) is 9.21 Å². The molecule has 0 unspecified atom stereocenters. The standard InChI is InChI=1S/C29H33ClN2O5S/c1-20-16-32(21(2)18-33)29(34)27-11-7-6-10-26(27)25-9-5-4-8-22(25)19-37-28(20)17-31(3)38(35,36)24-14-12-23(30)13-15-24/h4-15,20-21,28,33H,16-19H2,1-3H3/t20-,21-,28+/m0/s1. The summed E-state index contributed by atoms with van der Waals surface area (Å²) < 4.78 is 34.3. The number of hydrogen-bond acceptors (Lipinski definition) is 5. The summed E-state index contributed by atoms with van der Waals surface area (Å²) in [6.45, 7) is 4.15. The molecule has 0 saturated carbocycles. The lowest BCUT2D eigenvalue weighted by Gasteiger charge is -2.35. The largest absolute Gasteiger partial charge is 0.394 e. The zero-order valence-electron chi connectivity index (χ0n) is 21.7. The Morgan fingerprint density at radius 1 is 1.03 bits per heavy atom. The van der Waals surface area contributed by atoms with E-state index in [2.05, 4.69) is 0 Å². The van der Waals surface area contributed by atoms with Gasteiger partial charge in [-0.2, -0.15) is 4.31 Å². The van der Waals surface area contributed by atoms with Crippen molar-refractivity contribution in [3.8, 4) is 11.1 Å². The van der Waals surface area contributed by atoms with Gasteiger partial charge >= 0.3 is 0 Å². The summed E-state index contributed by atoms with van der Waals surface area (Å²) in [7, 11) is -2.28. The number of hydrogen-bond donors (Lipinski definition) is 1. The van der Waals surface area contributed by atoms with Crippen molar-refractivity contribution in [2.75, 3.05) is 26.7 Å². The summed E-state index contributed by atoms with van der Waals surface area (Å²) in [5, 5.41) is 10.4. The Morgan fingerprint density at radius 2 is 1.63 bits per heavy atom. The molecule has 0 aromatic heterocycles. The zero-order chi connectivity index (χ0) is 27.4. The Labute approximate surface area is 229 Å². The molecule has 1 aliphatic rings. The van der Waals surface area contributed by atoms with Gasteiger partial charge in [-0.15, -0.1) is 0 Å².